The molecule has 1 aromatic rings. The van der Waals surface area contributed by atoms with Crippen molar-refractivity contribution >= 4 is 23.5 Å². The van der Waals surface area contributed by atoms with E-state index in [2.05, 4.69) is 0 Å². The third-order valence-corrected chi connectivity index (χ3v) is 6.28. The SMILES string of the molecule is COc1ccc(N2CC(C(=O)N3CC4CCCC4C3C(=O)O)CC2=O)cc1. The molecule has 3 aliphatic rings. The first-order valence-corrected chi connectivity index (χ1v) is 9.47. The van der Waals surface area contributed by atoms with E-state index in [4.69, 9.17) is 4.74 Å². The lowest BCUT2D eigenvalue weighted by Crippen LogP contribution is -2.46. The summed E-state index contributed by atoms with van der Waals surface area (Å²) in [6.07, 6.45) is 3.02. The van der Waals surface area contributed by atoms with E-state index in [9.17, 15) is 19.5 Å². The van der Waals surface area contributed by atoms with Crippen LogP contribution in [-0.2, 0) is 14.4 Å². The van der Waals surface area contributed by atoms with Gasteiger partial charge in [0.25, 0.3) is 0 Å². The minimum atomic E-state index is -0.922. The van der Waals surface area contributed by atoms with Crippen molar-refractivity contribution in [1.82, 2.24) is 4.90 Å². The molecule has 0 aromatic heterocycles. The lowest BCUT2D eigenvalue weighted by molar-refractivity contribution is -0.151. The van der Waals surface area contributed by atoms with Crippen molar-refractivity contribution in [2.75, 3.05) is 25.1 Å². The number of hydrogen-bond acceptors (Lipinski definition) is 4. The molecule has 4 unspecified atom stereocenters. The van der Waals surface area contributed by atoms with Crippen molar-refractivity contribution in [3.8, 4) is 5.75 Å². The van der Waals surface area contributed by atoms with Gasteiger partial charge in [0.2, 0.25) is 11.8 Å². The smallest absolute Gasteiger partial charge is 0.326 e. The number of nitrogens with zero attached hydrogens (tertiary/aromatic N) is 2. The van der Waals surface area contributed by atoms with Crippen molar-refractivity contribution in [2.24, 2.45) is 17.8 Å². The molecule has 2 aliphatic heterocycles. The second-order valence-corrected chi connectivity index (χ2v) is 7.73. The average molecular weight is 372 g/mol. The predicted molar refractivity (Wildman–Crippen MR) is 97.4 cm³/mol. The number of amides is 2. The number of anilines is 1. The van der Waals surface area contributed by atoms with Gasteiger partial charge in [0.1, 0.15) is 11.8 Å². The summed E-state index contributed by atoms with van der Waals surface area (Å²) in [5, 5.41) is 9.67. The van der Waals surface area contributed by atoms with Crippen LogP contribution in [0.3, 0.4) is 0 Å². The average Bonchev–Trinajstić information content (AvgIpc) is 3.34. The zero-order valence-electron chi connectivity index (χ0n) is 15.3. The van der Waals surface area contributed by atoms with Crippen LogP contribution in [0.1, 0.15) is 25.7 Å². The van der Waals surface area contributed by atoms with Gasteiger partial charge in [-0.15, -0.1) is 0 Å². The highest BCUT2D eigenvalue weighted by atomic mass is 16.5. The molecule has 0 spiro atoms. The quantitative estimate of drug-likeness (QED) is 0.870. The number of carboxylic acids is 1. The zero-order chi connectivity index (χ0) is 19.1. The molecular weight excluding hydrogens is 348 g/mol. The number of likely N-dealkylation sites (tertiary alicyclic amines) is 1. The summed E-state index contributed by atoms with van der Waals surface area (Å²) >= 11 is 0. The molecular formula is C20H24N2O5. The molecule has 2 amide bonds. The third kappa shape index (κ3) is 3.05. The number of benzene rings is 1. The van der Waals surface area contributed by atoms with Gasteiger partial charge in [-0.2, -0.15) is 0 Å². The number of carbonyl (C=O) groups is 3. The van der Waals surface area contributed by atoms with Crippen LogP contribution in [0.25, 0.3) is 0 Å². The second-order valence-electron chi connectivity index (χ2n) is 7.73. The first-order valence-electron chi connectivity index (χ1n) is 9.47. The summed E-state index contributed by atoms with van der Waals surface area (Å²) in [6.45, 7) is 0.801. The van der Waals surface area contributed by atoms with Gasteiger partial charge < -0.3 is 19.6 Å². The maximum Gasteiger partial charge on any atom is 0.326 e. The Morgan fingerprint density at radius 1 is 1.15 bits per heavy atom. The van der Waals surface area contributed by atoms with Crippen LogP contribution in [0.2, 0.25) is 0 Å². The topological polar surface area (TPSA) is 87.2 Å². The number of methoxy groups -OCH3 is 1. The highest BCUT2D eigenvalue weighted by Gasteiger charge is 2.51. The van der Waals surface area contributed by atoms with Gasteiger partial charge in [-0.3, -0.25) is 9.59 Å². The minimum absolute atomic E-state index is 0.0567. The molecule has 1 N–H and O–H groups in total. The van der Waals surface area contributed by atoms with E-state index < -0.39 is 17.9 Å². The lowest BCUT2D eigenvalue weighted by atomic mass is 9.94. The molecule has 144 valence electrons. The molecule has 2 heterocycles. The summed E-state index contributed by atoms with van der Waals surface area (Å²) in [6, 6.07) is 6.41. The van der Waals surface area contributed by atoms with Crippen molar-refractivity contribution < 1.29 is 24.2 Å². The van der Waals surface area contributed by atoms with Crippen molar-refractivity contribution in [3.05, 3.63) is 24.3 Å². The van der Waals surface area contributed by atoms with Gasteiger partial charge in [-0.1, -0.05) is 6.42 Å². The molecule has 3 fully saturated rings. The summed E-state index contributed by atoms with van der Waals surface area (Å²) in [7, 11) is 1.58. The Morgan fingerprint density at radius 3 is 2.56 bits per heavy atom. The Bertz CT molecular complexity index is 762. The van der Waals surface area contributed by atoms with E-state index in [1.807, 2.05) is 0 Å². The lowest BCUT2D eigenvalue weighted by Gasteiger charge is -2.27. The fraction of sp³-hybridized carbons (Fsp3) is 0.550. The number of fused-ring (bicyclic) bond motifs is 1. The highest BCUT2D eigenvalue weighted by Crippen LogP contribution is 2.43. The van der Waals surface area contributed by atoms with Crippen molar-refractivity contribution in [1.29, 1.82) is 0 Å². The van der Waals surface area contributed by atoms with Crippen LogP contribution in [0.15, 0.2) is 24.3 Å². The third-order valence-electron chi connectivity index (χ3n) is 6.28. The predicted octanol–water partition coefficient (Wildman–Crippen LogP) is 1.76. The summed E-state index contributed by atoms with van der Waals surface area (Å²) in [5.74, 6) is -0.669. The molecule has 4 rings (SSSR count). The molecule has 1 saturated carbocycles. The Morgan fingerprint density at radius 2 is 1.89 bits per heavy atom. The van der Waals surface area contributed by atoms with E-state index in [0.29, 0.717) is 18.8 Å². The summed E-state index contributed by atoms with van der Waals surface area (Å²) < 4.78 is 5.14. The van der Waals surface area contributed by atoms with Gasteiger partial charge in [-0.05, 0) is 48.9 Å². The minimum Gasteiger partial charge on any atom is -0.497 e. The Kier molecular flexibility index (Phi) is 4.53. The summed E-state index contributed by atoms with van der Waals surface area (Å²) in [5.41, 5.74) is 0.726. The number of carbonyl (C=O) groups excluding carboxylic acids is 2. The largest absolute Gasteiger partial charge is 0.497 e. The van der Waals surface area contributed by atoms with Gasteiger partial charge in [0.05, 0.1) is 13.0 Å². The second kappa shape index (κ2) is 6.87. The van der Waals surface area contributed by atoms with Gasteiger partial charge in [-0.25, -0.2) is 4.79 Å². The van der Waals surface area contributed by atoms with Crippen LogP contribution < -0.4 is 9.64 Å². The Balaban J connectivity index is 1.49. The summed E-state index contributed by atoms with van der Waals surface area (Å²) in [4.78, 5) is 40.5. The molecule has 1 aromatic carbocycles. The molecule has 27 heavy (non-hydrogen) atoms. The molecule has 4 atom stereocenters. The highest BCUT2D eigenvalue weighted by molar-refractivity contribution is 6.01. The first-order chi connectivity index (χ1) is 13.0. The molecule has 0 radical (unpaired) electrons. The van der Waals surface area contributed by atoms with Crippen molar-refractivity contribution in [3.63, 3.8) is 0 Å². The molecule has 2 saturated heterocycles. The van der Waals surface area contributed by atoms with Gasteiger partial charge in [0, 0.05) is 25.2 Å². The standard InChI is InChI=1S/C20H24N2O5/c1-27-15-7-5-14(6-8-15)21-11-13(9-17(21)23)19(24)22-10-12-3-2-4-16(12)18(22)20(25)26/h5-8,12-13,16,18H,2-4,9-11H2,1H3,(H,25,26). The zero-order valence-corrected chi connectivity index (χ0v) is 15.3. The molecule has 0 bridgehead atoms. The normalized spacial score (nSPS) is 29.9. The maximum absolute atomic E-state index is 13.1. The molecule has 1 aliphatic carbocycles. The Hall–Kier alpha value is -2.57. The van der Waals surface area contributed by atoms with Gasteiger partial charge >= 0.3 is 5.97 Å². The number of ether oxygens (including phenoxy) is 1. The van der Waals surface area contributed by atoms with Crippen LogP contribution in [-0.4, -0.2) is 54.0 Å². The van der Waals surface area contributed by atoms with E-state index in [0.717, 1.165) is 24.9 Å². The van der Waals surface area contributed by atoms with E-state index in [1.54, 1.807) is 36.3 Å². The molecule has 7 nitrogen and oxygen atoms in total. The number of carboxylic acid groups (broad SMARTS) is 1. The van der Waals surface area contributed by atoms with Crippen LogP contribution in [0.5, 0.6) is 5.75 Å². The maximum atomic E-state index is 13.1. The van der Waals surface area contributed by atoms with Gasteiger partial charge in [0.15, 0.2) is 0 Å². The van der Waals surface area contributed by atoms with Crippen LogP contribution >= 0.6 is 0 Å². The van der Waals surface area contributed by atoms with Crippen LogP contribution in [0, 0.1) is 17.8 Å². The number of rotatable bonds is 4. The van der Waals surface area contributed by atoms with E-state index in [1.165, 1.54) is 4.90 Å². The van der Waals surface area contributed by atoms with E-state index >= 15 is 0 Å². The van der Waals surface area contributed by atoms with E-state index in [-0.39, 0.29) is 30.1 Å². The van der Waals surface area contributed by atoms with Crippen molar-refractivity contribution in [2.45, 2.75) is 31.7 Å². The fourth-order valence-electron chi connectivity index (χ4n) is 4.97. The van der Waals surface area contributed by atoms with Crippen LogP contribution in [0.4, 0.5) is 5.69 Å². The Labute approximate surface area is 157 Å². The monoisotopic (exact) mass is 372 g/mol. The fourth-order valence-corrected chi connectivity index (χ4v) is 4.97. The number of hydrogen-bond donors (Lipinski definition) is 1. The molecule has 7 heteroatoms. The first kappa shape index (κ1) is 17.8. The number of aliphatic carboxylic acids is 1.